The van der Waals surface area contributed by atoms with Crippen molar-refractivity contribution in [3.8, 4) is 11.5 Å². The van der Waals surface area contributed by atoms with Gasteiger partial charge in [0, 0.05) is 14.6 Å². The van der Waals surface area contributed by atoms with Gasteiger partial charge in [0.05, 0.1) is 15.6 Å². The second-order valence-electron chi connectivity index (χ2n) is 7.44. The molecule has 4 aromatic rings. The normalized spacial score (nSPS) is 16.2. The van der Waals surface area contributed by atoms with Crippen LogP contribution in [0.1, 0.15) is 10.4 Å². The van der Waals surface area contributed by atoms with Gasteiger partial charge in [0.1, 0.15) is 5.70 Å². The maximum atomic E-state index is 13.6. The molecule has 6 rings (SSSR count). The van der Waals surface area contributed by atoms with Gasteiger partial charge in [-0.3, -0.25) is 9.69 Å². The molecule has 0 N–H and O–H groups in total. The predicted molar refractivity (Wildman–Crippen MR) is 136 cm³/mol. The van der Waals surface area contributed by atoms with Crippen LogP contribution >= 0.6 is 38.9 Å². The molecule has 2 aliphatic heterocycles. The molecule has 0 aliphatic carbocycles. The fourth-order valence-electron chi connectivity index (χ4n) is 3.84. The van der Waals surface area contributed by atoms with Crippen molar-refractivity contribution in [2.24, 2.45) is 4.99 Å². The Morgan fingerprint density at radius 3 is 2.73 bits per heavy atom. The van der Waals surface area contributed by atoms with Crippen molar-refractivity contribution in [3.05, 3.63) is 92.4 Å². The van der Waals surface area contributed by atoms with Crippen LogP contribution in [0.25, 0.3) is 16.2 Å². The molecule has 3 heterocycles. The number of benzene rings is 3. The highest BCUT2D eigenvalue weighted by Gasteiger charge is 2.35. The molecule has 8 heteroatoms. The van der Waals surface area contributed by atoms with Crippen LogP contribution < -0.4 is 14.4 Å². The number of hydrogen-bond acceptors (Lipinski definition) is 5. The minimum absolute atomic E-state index is 0.192. The number of carbonyl (C=O) groups excluding carboxylic acids is 1. The van der Waals surface area contributed by atoms with E-state index in [1.54, 1.807) is 11.0 Å². The Morgan fingerprint density at radius 2 is 1.88 bits per heavy atom. The van der Waals surface area contributed by atoms with E-state index >= 15 is 0 Å². The van der Waals surface area contributed by atoms with Crippen LogP contribution in [0.2, 0.25) is 5.02 Å². The predicted octanol–water partition coefficient (Wildman–Crippen LogP) is 6.88. The Morgan fingerprint density at radius 1 is 1.03 bits per heavy atom. The average molecular weight is 538 g/mol. The molecule has 0 atom stereocenters. The Balaban J connectivity index is 1.51. The maximum Gasteiger partial charge on any atom is 0.282 e. The van der Waals surface area contributed by atoms with E-state index in [0.29, 0.717) is 33.7 Å². The molecule has 0 fully saturated rings. The van der Waals surface area contributed by atoms with Crippen molar-refractivity contribution < 1.29 is 14.3 Å². The number of hydrogen-bond donors (Lipinski definition) is 0. The minimum atomic E-state index is -0.228. The van der Waals surface area contributed by atoms with E-state index in [1.807, 2.05) is 66.7 Å². The summed E-state index contributed by atoms with van der Waals surface area (Å²) in [6.45, 7) is 0.192. The summed E-state index contributed by atoms with van der Waals surface area (Å²) >= 11 is 11.8. The number of anilines is 1. The topological polar surface area (TPSA) is 51.1 Å². The summed E-state index contributed by atoms with van der Waals surface area (Å²) in [6, 6.07) is 21.0. The van der Waals surface area contributed by atoms with Crippen LogP contribution in [-0.4, -0.2) is 18.5 Å². The molecule has 162 valence electrons. The van der Waals surface area contributed by atoms with Crippen molar-refractivity contribution in [2.75, 3.05) is 11.7 Å². The van der Waals surface area contributed by atoms with Gasteiger partial charge in [-0.2, -0.15) is 0 Å². The highest BCUT2D eigenvalue weighted by Crippen LogP contribution is 2.40. The van der Waals surface area contributed by atoms with E-state index in [1.165, 1.54) is 11.3 Å². The third-order valence-corrected chi connectivity index (χ3v) is 7.53. The van der Waals surface area contributed by atoms with Gasteiger partial charge in [0.2, 0.25) is 6.79 Å². The number of amidine groups is 1. The van der Waals surface area contributed by atoms with Gasteiger partial charge in [-0.1, -0.05) is 57.9 Å². The lowest BCUT2D eigenvalue weighted by Gasteiger charge is -2.18. The van der Waals surface area contributed by atoms with Gasteiger partial charge in [0.25, 0.3) is 5.91 Å². The zero-order chi connectivity index (χ0) is 22.5. The number of nitrogens with zero attached hydrogens (tertiary/aromatic N) is 2. The lowest BCUT2D eigenvalue weighted by Crippen LogP contribution is -2.32. The monoisotopic (exact) mass is 536 g/mol. The molecule has 2 aliphatic rings. The van der Waals surface area contributed by atoms with Crippen molar-refractivity contribution in [2.45, 2.75) is 0 Å². The first-order valence-corrected chi connectivity index (χ1v) is 12.0. The molecule has 0 saturated heterocycles. The lowest BCUT2D eigenvalue weighted by atomic mass is 10.1. The van der Waals surface area contributed by atoms with Crippen molar-refractivity contribution in [1.29, 1.82) is 0 Å². The zero-order valence-corrected chi connectivity index (χ0v) is 20.1. The van der Waals surface area contributed by atoms with E-state index in [4.69, 9.17) is 26.1 Å². The highest BCUT2D eigenvalue weighted by molar-refractivity contribution is 9.10. The molecule has 0 radical (unpaired) electrons. The molecule has 0 unspecified atom stereocenters. The first kappa shape index (κ1) is 20.5. The number of carbonyl (C=O) groups is 1. The highest BCUT2D eigenvalue weighted by atomic mass is 79.9. The van der Waals surface area contributed by atoms with Crippen LogP contribution in [0.4, 0.5) is 5.69 Å². The summed E-state index contributed by atoms with van der Waals surface area (Å²) in [6.07, 6.45) is 1.75. The number of aliphatic imine (C=N–C) groups is 1. The van der Waals surface area contributed by atoms with Gasteiger partial charge in [-0.05, 0) is 48.0 Å². The quantitative estimate of drug-likeness (QED) is 0.268. The average Bonchev–Trinajstić information content (AvgIpc) is 3.50. The maximum absolute atomic E-state index is 13.6. The Bertz CT molecular complexity index is 1510. The molecule has 3 aromatic carbocycles. The van der Waals surface area contributed by atoms with Crippen LogP contribution in [0, 0.1) is 0 Å². The Labute approximate surface area is 206 Å². The Kier molecular flexibility index (Phi) is 4.98. The number of fused-ring (bicyclic) bond motifs is 2. The van der Waals surface area contributed by atoms with Crippen LogP contribution in [0.5, 0.6) is 11.5 Å². The molecule has 1 amide bonds. The van der Waals surface area contributed by atoms with Crippen LogP contribution in [0.15, 0.2) is 81.9 Å². The standard InChI is InChI=1S/C25H14BrClN2O3S/c26-15-4-3-5-16(12-15)29-24(23-22(27)17-6-1-2-7-21(17)33-23)28-18(25(29)30)10-14-8-9-19-20(11-14)32-13-31-19/h1-12H,13H2/b18-10+. The summed E-state index contributed by atoms with van der Waals surface area (Å²) < 4.78 is 12.8. The second kappa shape index (κ2) is 8.02. The third-order valence-electron chi connectivity index (χ3n) is 5.36. The molecular formula is C25H14BrClN2O3S. The third kappa shape index (κ3) is 3.53. The van der Waals surface area contributed by atoms with Crippen molar-refractivity contribution in [1.82, 2.24) is 0 Å². The summed E-state index contributed by atoms with van der Waals surface area (Å²) in [5.41, 5.74) is 1.82. The van der Waals surface area contributed by atoms with Crippen molar-refractivity contribution in [3.63, 3.8) is 0 Å². The molecule has 0 bridgehead atoms. The smallest absolute Gasteiger partial charge is 0.282 e. The molecule has 0 spiro atoms. The molecule has 33 heavy (non-hydrogen) atoms. The van der Waals surface area contributed by atoms with E-state index < -0.39 is 0 Å². The van der Waals surface area contributed by atoms with E-state index in [9.17, 15) is 4.79 Å². The summed E-state index contributed by atoms with van der Waals surface area (Å²) in [5.74, 6) is 1.62. The van der Waals surface area contributed by atoms with Gasteiger partial charge < -0.3 is 9.47 Å². The van der Waals surface area contributed by atoms with Gasteiger partial charge >= 0.3 is 0 Å². The summed E-state index contributed by atoms with van der Waals surface area (Å²) in [7, 11) is 0. The van der Waals surface area contributed by atoms with E-state index in [0.717, 1.165) is 25.0 Å². The van der Waals surface area contributed by atoms with Crippen molar-refractivity contribution >= 4 is 72.5 Å². The fraction of sp³-hybridized carbons (Fsp3) is 0.0400. The molecule has 5 nitrogen and oxygen atoms in total. The van der Waals surface area contributed by atoms with Crippen LogP contribution in [-0.2, 0) is 4.79 Å². The number of amides is 1. The lowest BCUT2D eigenvalue weighted by molar-refractivity contribution is -0.113. The largest absolute Gasteiger partial charge is 0.454 e. The molecular weight excluding hydrogens is 524 g/mol. The first-order valence-electron chi connectivity index (χ1n) is 10.1. The summed E-state index contributed by atoms with van der Waals surface area (Å²) in [5, 5.41) is 1.53. The van der Waals surface area contributed by atoms with Gasteiger partial charge in [-0.15, -0.1) is 11.3 Å². The van der Waals surface area contributed by atoms with E-state index in [2.05, 4.69) is 15.9 Å². The van der Waals surface area contributed by atoms with Gasteiger partial charge in [0.15, 0.2) is 17.3 Å². The number of thiophene rings is 1. The molecule has 1 aromatic heterocycles. The number of ether oxygens (including phenoxy) is 2. The Hall–Kier alpha value is -3.13. The number of rotatable bonds is 3. The van der Waals surface area contributed by atoms with Gasteiger partial charge in [-0.25, -0.2) is 4.99 Å². The SMILES string of the molecule is O=C1/C(=C\c2ccc3c(c2)OCO3)N=C(c2sc3ccccc3c2Cl)N1c1cccc(Br)c1. The minimum Gasteiger partial charge on any atom is -0.454 e. The van der Waals surface area contributed by atoms with Crippen LogP contribution in [0.3, 0.4) is 0 Å². The summed E-state index contributed by atoms with van der Waals surface area (Å²) in [4.78, 5) is 20.7. The number of halogens is 2. The first-order chi connectivity index (χ1) is 16.1. The second-order valence-corrected chi connectivity index (χ2v) is 9.79. The zero-order valence-electron chi connectivity index (χ0n) is 16.9. The fourth-order valence-corrected chi connectivity index (χ4v) is 5.72. The molecule has 0 saturated carbocycles. The van der Waals surface area contributed by atoms with E-state index in [-0.39, 0.29) is 12.7 Å².